The Morgan fingerprint density at radius 3 is 2.93 bits per heavy atom. The highest BCUT2D eigenvalue weighted by Gasteiger charge is 2.08. The fourth-order valence-electron chi connectivity index (χ4n) is 1.12. The number of nitrogens with two attached hydrogens (primary N) is 1. The van der Waals surface area contributed by atoms with Gasteiger partial charge in [-0.05, 0) is 17.7 Å². The molecule has 0 aliphatic carbocycles. The van der Waals surface area contributed by atoms with Crippen LogP contribution < -0.4 is 10.5 Å². The SMILES string of the molecule is COc1cc([C@@H](N)CC#N)ccc1Cl. The van der Waals surface area contributed by atoms with E-state index in [9.17, 15) is 0 Å². The van der Waals surface area contributed by atoms with E-state index < -0.39 is 0 Å². The van der Waals surface area contributed by atoms with Crippen molar-refractivity contribution in [2.75, 3.05) is 7.11 Å². The van der Waals surface area contributed by atoms with Gasteiger partial charge in [-0.15, -0.1) is 0 Å². The Labute approximate surface area is 88.0 Å². The number of hydrogen-bond donors (Lipinski definition) is 1. The van der Waals surface area contributed by atoms with Crippen molar-refractivity contribution < 1.29 is 4.74 Å². The molecule has 0 bridgehead atoms. The van der Waals surface area contributed by atoms with Gasteiger partial charge in [-0.2, -0.15) is 5.26 Å². The third kappa shape index (κ3) is 2.38. The maximum atomic E-state index is 8.49. The lowest BCUT2D eigenvalue weighted by Crippen LogP contribution is -2.09. The molecule has 1 aromatic rings. The van der Waals surface area contributed by atoms with Crippen molar-refractivity contribution in [3.8, 4) is 11.8 Å². The lowest BCUT2D eigenvalue weighted by Gasteiger charge is -2.10. The molecule has 0 fully saturated rings. The normalized spacial score (nSPS) is 11.9. The van der Waals surface area contributed by atoms with Gasteiger partial charge in [-0.3, -0.25) is 0 Å². The van der Waals surface area contributed by atoms with Crippen LogP contribution in [0.15, 0.2) is 18.2 Å². The second-order valence-electron chi connectivity index (χ2n) is 2.86. The Hall–Kier alpha value is -1.24. The van der Waals surface area contributed by atoms with E-state index in [0.717, 1.165) is 5.56 Å². The summed E-state index contributed by atoms with van der Waals surface area (Å²) in [7, 11) is 1.54. The molecular formula is C10H11ClN2O. The molecule has 3 nitrogen and oxygen atoms in total. The lowest BCUT2D eigenvalue weighted by atomic mass is 10.1. The van der Waals surface area contributed by atoms with Crippen molar-refractivity contribution >= 4 is 11.6 Å². The van der Waals surface area contributed by atoms with E-state index in [1.54, 1.807) is 25.3 Å². The molecule has 2 N–H and O–H groups in total. The van der Waals surface area contributed by atoms with Crippen molar-refractivity contribution in [2.45, 2.75) is 12.5 Å². The first-order valence-corrected chi connectivity index (χ1v) is 4.52. The molecule has 74 valence electrons. The highest BCUT2D eigenvalue weighted by molar-refractivity contribution is 6.32. The first-order valence-electron chi connectivity index (χ1n) is 4.15. The molecule has 0 radical (unpaired) electrons. The predicted octanol–water partition coefficient (Wildman–Crippen LogP) is 2.26. The molecular weight excluding hydrogens is 200 g/mol. The number of rotatable bonds is 3. The van der Waals surface area contributed by atoms with Gasteiger partial charge in [0.05, 0.1) is 24.6 Å². The number of halogens is 1. The number of nitriles is 1. The highest BCUT2D eigenvalue weighted by atomic mass is 35.5. The zero-order valence-electron chi connectivity index (χ0n) is 7.83. The Morgan fingerprint density at radius 2 is 2.36 bits per heavy atom. The molecule has 0 aliphatic heterocycles. The molecule has 1 atom stereocenters. The molecule has 0 saturated heterocycles. The summed E-state index contributed by atoms with van der Waals surface area (Å²) in [6.45, 7) is 0. The fourth-order valence-corrected chi connectivity index (χ4v) is 1.32. The molecule has 0 aliphatic rings. The van der Waals surface area contributed by atoms with Gasteiger partial charge in [0, 0.05) is 6.04 Å². The monoisotopic (exact) mass is 210 g/mol. The van der Waals surface area contributed by atoms with Crippen LogP contribution in [0.1, 0.15) is 18.0 Å². The lowest BCUT2D eigenvalue weighted by molar-refractivity contribution is 0.414. The van der Waals surface area contributed by atoms with Crippen molar-refractivity contribution in [1.29, 1.82) is 5.26 Å². The van der Waals surface area contributed by atoms with E-state index in [2.05, 4.69) is 0 Å². The standard InChI is InChI=1S/C10H11ClN2O/c1-14-10-6-7(2-3-8(10)11)9(13)4-5-12/h2-3,6,9H,4,13H2,1H3/t9-/m0/s1. The summed E-state index contributed by atoms with van der Waals surface area (Å²) in [5.41, 5.74) is 6.61. The highest BCUT2D eigenvalue weighted by Crippen LogP contribution is 2.27. The fraction of sp³-hybridized carbons (Fsp3) is 0.300. The minimum atomic E-state index is -0.286. The molecule has 0 aromatic heterocycles. The summed E-state index contributed by atoms with van der Waals surface area (Å²) in [4.78, 5) is 0. The largest absolute Gasteiger partial charge is 0.495 e. The Morgan fingerprint density at radius 1 is 1.64 bits per heavy atom. The van der Waals surface area contributed by atoms with E-state index >= 15 is 0 Å². The van der Waals surface area contributed by atoms with Gasteiger partial charge in [0.2, 0.25) is 0 Å². The van der Waals surface area contributed by atoms with E-state index in [0.29, 0.717) is 10.8 Å². The van der Waals surface area contributed by atoms with Gasteiger partial charge < -0.3 is 10.5 Å². The summed E-state index contributed by atoms with van der Waals surface area (Å²) >= 11 is 5.85. The molecule has 1 rings (SSSR count). The van der Waals surface area contributed by atoms with Crippen molar-refractivity contribution in [3.05, 3.63) is 28.8 Å². The third-order valence-electron chi connectivity index (χ3n) is 1.91. The van der Waals surface area contributed by atoms with Crippen LogP contribution >= 0.6 is 11.6 Å². The molecule has 1 aromatic carbocycles. The summed E-state index contributed by atoms with van der Waals surface area (Å²) < 4.78 is 5.04. The van der Waals surface area contributed by atoms with Crippen LogP contribution in [0.5, 0.6) is 5.75 Å². The number of methoxy groups -OCH3 is 1. The van der Waals surface area contributed by atoms with Gasteiger partial charge >= 0.3 is 0 Å². The average Bonchev–Trinajstić information content (AvgIpc) is 2.19. The van der Waals surface area contributed by atoms with Crippen molar-refractivity contribution in [1.82, 2.24) is 0 Å². The quantitative estimate of drug-likeness (QED) is 0.833. The zero-order valence-corrected chi connectivity index (χ0v) is 8.58. The molecule has 0 heterocycles. The Kier molecular flexibility index (Phi) is 3.75. The van der Waals surface area contributed by atoms with E-state index in [1.165, 1.54) is 0 Å². The summed E-state index contributed by atoms with van der Waals surface area (Å²) in [6.07, 6.45) is 0.283. The molecule has 0 spiro atoms. The number of benzene rings is 1. The topological polar surface area (TPSA) is 59.0 Å². The second kappa shape index (κ2) is 4.85. The Bertz CT molecular complexity index is 360. The van der Waals surface area contributed by atoms with Gasteiger partial charge in [0.1, 0.15) is 5.75 Å². The van der Waals surface area contributed by atoms with Gasteiger partial charge in [-0.25, -0.2) is 0 Å². The van der Waals surface area contributed by atoms with Crippen molar-refractivity contribution in [3.63, 3.8) is 0 Å². The minimum Gasteiger partial charge on any atom is -0.495 e. The molecule has 0 saturated carbocycles. The van der Waals surface area contributed by atoms with E-state index in [-0.39, 0.29) is 12.5 Å². The van der Waals surface area contributed by atoms with Crippen LogP contribution in [-0.2, 0) is 0 Å². The van der Waals surface area contributed by atoms with E-state index in [4.69, 9.17) is 27.3 Å². The smallest absolute Gasteiger partial charge is 0.137 e. The minimum absolute atomic E-state index is 0.283. The summed E-state index contributed by atoms with van der Waals surface area (Å²) in [5.74, 6) is 0.581. The number of hydrogen-bond acceptors (Lipinski definition) is 3. The molecule has 14 heavy (non-hydrogen) atoms. The first-order chi connectivity index (χ1) is 6.69. The predicted molar refractivity (Wildman–Crippen MR) is 55.2 cm³/mol. The van der Waals surface area contributed by atoms with E-state index in [1.807, 2.05) is 6.07 Å². The van der Waals surface area contributed by atoms with Crippen molar-refractivity contribution in [2.24, 2.45) is 5.73 Å². The van der Waals surface area contributed by atoms with Crippen LogP contribution in [0.25, 0.3) is 0 Å². The maximum Gasteiger partial charge on any atom is 0.137 e. The maximum absolute atomic E-state index is 8.49. The van der Waals surface area contributed by atoms with Crippen LogP contribution in [0.2, 0.25) is 5.02 Å². The average molecular weight is 211 g/mol. The number of ether oxygens (including phenoxy) is 1. The molecule has 4 heteroatoms. The van der Waals surface area contributed by atoms with Crippen LogP contribution in [0.4, 0.5) is 0 Å². The van der Waals surface area contributed by atoms with Crippen LogP contribution in [0.3, 0.4) is 0 Å². The summed E-state index contributed by atoms with van der Waals surface area (Å²) in [5, 5.41) is 9.03. The van der Waals surface area contributed by atoms with Gasteiger partial charge in [0.15, 0.2) is 0 Å². The van der Waals surface area contributed by atoms with Crippen LogP contribution in [0, 0.1) is 11.3 Å². The molecule has 0 amide bonds. The second-order valence-corrected chi connectivity index (χ2v) is 3.27. The molecule has 0 unspecified atom stereocenters. The third-order valence-corrected chi connectivity index (χ3v) is 2.23. The number of nitrogens with zero attached hydrogens (tertiary/aromatic N) is 1. The van der Waals surface area contributed by atoms with Gasteiger partial charge in [0.25, 0.3) is 0 Å². The Balaban J connectivity index is 2.95. The summed E-state index contributed by atoms with van der Waals surface area (Å²) in [6, 6.07) is 7.00. The first kappa shape index (κ1) is 10.8. The van der Waals surface area contributed by atoms with Gasteiger partial charge in [-0.1, -0.05) is 17.7 Å². The van der Waals surface area contributed by atoms with Crippen LogP contribution in [-0.4, -0.2) is 7.11 Å². The zero-order chi connectivity index (χ0) is 10.6.